The summed E-state index contributed by atoms with van der Waals surface area (Å²) < 4.78 is 5.62. The van der Waals surface area contributed by atoms with Crippen LogP contribution in [0.1, 0.15) is 13.8 Å². The van der Waals surface area contributed by atoms with Crippen LogP contribution in [0.25, 0.3) is 11.1 Å². The fraction of sp³-hybridized carbons (Fsp3) is 0.308. The molecule has 1 aromatic heterocycles. The number of carbonyl (C=O) groups is 2. The van der Waals surface area contributed by atoms with Crippen LogP contribution in [0.4, 0.5) is 11.7 Å². The minimum Gasteiger partial charge on any atom is -0.423 e. The summed E-state index contributed by atoms with van der Waals surface area (Å²) in [4.78, 5) is 29.3. The van der Waals surface area contributed by atoms with Gasteiger partial charge in [-0.25, -0.2) is 0 Å². The van der Waals surface area contributed by atoms with Crippen LogP contribution in [0.2, 0.25) is 0 Å². The highest BCUT2D eigenvalue weighted by atomic mass is 16.4. The molecule has 104 valence electrons. The number of nitrogens with one attached hydrogen (secondary N) is 1. The number of aromatic nitrogens is 1. The summed E-state index contributed by atoms with van der Waals surface area (Å²) in [5, 5.41) is 2.30. The molecule has 7 nitrogen and oxygen atoms in total. The first-order valence-electron chi connectivity index (χ1n) is 6.16. The normalized spacial score (nSPS) is 18.4. The lowest BCUT2D eigenvalue weighted by molar-refractivity contribution is -0.135. The van der Waals surface area contributed by atoms with E-state index in [-0.39, 0.29) is 24.4 Å². The van der Waals surface area contributed by atoms with Gasteiger partial charge in [-0.3, -0.25) is 14.9 Å². The molecule has 1 aliphatic heterocycles. The predicted molar refractivity (Wildman–Crippen MR) is 73.0 cm³/mol. The van der Waals surface area contributed by atoms with Gasteiger partial charge >= 0.3 is 0 Å². The van der Waals surface area contributed by atoms with Crippen molar-refractivity contribution in [1.82, 2.24) is 10.3 Å². The molecule has 2 heterocycles. The average molecular weight is 274 g/mol. The Labute approximate surface area is 114 Å². The number of anilines is 2. The summed E-state index contributed by atoms with van der Waals surface area (Å²) in [5.41, 5.74) is 6.50. The number of nitrogens with two attached hydrogens (primary N) is 1. The summed E-state index contributed by atoms with van der Waals surface area (Å²) in [7, 11) is 0. The van der Waals surface area contributed by atoms with E-state index in [1.165, 1.54) is 0 Å². The first-order chi connectivity index (χ1) is 9.38. The molecule has 0 aliphatic carbocycles. The van der Waals surface area contributed by atoms with E-state index in [4.69, 9.17) is 10.2 Å². The minimum atomic E-state index is -0.916. The van der Waals surface area contributed by atoms with Gasteiger partial charge < -0.3 is 15.1 Å². The van der Waals surface area contributed by atoms with E-state index in [0.717, 1.165) is 0 Å². The molecule has 2 aromatic rings. The lowest BCUT2D eigenvalue weighted by atomic mass is 9.99. The average Bonchev–Trinajstić information content (AvgIpc) is 2.76. The highest BCUT2D eigenvalue weighted by molar-refractivity contribution is 6.06. The molecule has 0 bridgehead atoms. The Morgan fingerprint density at radius 2 is 2.15 bits per heavy atom. The van der Waals surface area contributed by atoms with Crippen LogP contribution >= 0.6 is 0 Å². The third kappa shape index (κ3) is 1.78. The van der Waals surface area contributed by atoms with Crippen LogP contribution in [-0.2, 0) is 9.59 Å². The van der Waals surface area contributed by atoms with Crippen molar-refractivity contribution < 1.29 is 14.0 Å². The Balaban J connectivity index is 2.08. The van der Waals surface area contributed by atoms with E-state index < -0.39 is 5.54 Å². The Hall–Kier alpha value is -2.57. The maximum Gasteiger partial charge on any atom is 0.299 e. The van der Waals surface area contributed by atoms with Crippen molar-refractivity contribution in [2.75, 3.05) is 17.2 Å². The van der Waals surface area contributed by atoms with Gasteiger partial charge in [-0.1, -0.05) is 0 Å². The van der Waals surface area contributed by atoms with Gasteiger partial charge in [-0.15, -0.1) is 0 Å². The van der Waals surface area contributed by atoms with Crippen molar-refractivity contribution >= 4 is 34.6 Å². The van der Waals surface area contributed by atoms with E-state index in [1.807, 2.05) is 0 Å². The maximum atomic E-state index is 11.9. The first-order valence-corrected chi connectivity index (χ1v) is 6.16. The fourth-order valence-corrected chi connectivity index (χ4v) is 2.14. The Morgan fingerprint density at radius 3 is 2.90 bits per heavy atom. The van der Waals surface area contributed by atoms with Crippen LogP contribution in [0, 0.1) is 0 Å². The number of nitrogen functional groups attached to an aromatic ring is 1. The van der Waals surface area contributed by atoms with Crippen LogP contribution in [0.3, 0.4) is 0 Å². The number of benzene rings is 1. The molecule has 1 aromatic carbocycles. The van der Waals surface area contributed by atoms with Crippen LogP contribution in [-0.4, -0.2) is 28.9 Å². The van der Waals surface area contributed by atoms with Crippen LogP contribution in [0.5, 0.6) is 0 Å². The van der Waals surface area contributed by atoms with Crippen molar-refractivity contribution in [3.05, 3.63) is 18.2 Å². The Bertz CT molecular complexity index is 719. The first kappa shape index (κ1) is 12.5. The van der Waals surface area contributed by atoms with E-state index in [1.54, 1.807) is 36.9 Å². The van der Waals surface area contributed by atoms with Crippen molar-refractivity contribution in [1.29, 1.82) is 0 Å². The zero-order valence-electron chi connectivity index (χ0n) is 11.1. The molecule has 0 saturated carbocycles. The molecule has 0 spiro atoms. The summed E-state index contributed by atoms with van der Waals surface area (Å²) >= 11 is 0. The van der Waals surface area contributed by atoms with Crippen molar-refractivity contribution in [3.8, 4) is 0 Å². The molecule has 1 fully saturated rings. The predicted octanol–water partition coefficient (Wildman–Crippen LogP) is 0.651. The molecule has 3 rings (SSSR count). The maximum absolute atomic E-state index is 11.9. The summed E-state index contributed by atoms with van der Waals surface area (Å²) in [6, 6.07) is 5.33. The summed E-state index contributed by atoms with van der Waals surface area (Å²) in [6.45, 7) is 3.43. The van der Waals surface area contributed by atoms with Gasteiger partial charge in [0.25, 0.3) is 11.9 Å². The van der Waals surface area contributed by atoms with E-state index in [2.05, 4.69) is 10.3 Å². The van der Waals surface area contributed by atoms with Crippen molar-refractivity contribution in [2.45, 2.75) is 19.4 Å². The molecule has 1 saturated heterocycles. The zero-order valence-corrected chi connectivity index (χ0v) is 11.1. The molecule has 7 heteroatoms. The van der Waals surface area contributed by atoms with E-state index >= 15 is 0 Å². The number of carbonyl (C=O) groups excluding carboxylic acids is 2. The number of rotatable bonds is 1. The number of fused-ring (bicyclic) bond motifs is 1. The Morgan fingerprint density at radius 1 is 1.40 bits per heavy atom. The number of piperazine rings is 1. The second kappa shape index (κ2) is 3.96. The largest absolute Gasteiger partial charge is 0.423 e. The standard InChI is InChI=1S/C13H14N4O3/c1-13(2)11(19)16-10(18)6-17(13)12-15-8-5-7(14)3-4-9(8)20-12/h3-5H,6,14H2,1-2H3,(H,16,18,19). The molecule has 1 aliphatic rings. The molecular weight excluding hydrogens is 260 g/mol. The highest BCUT2D eigenvalue weighted by Gasteiger charge is 2.43. The number of oxazole rings is 1. The van der Waals surface area contributed by atoms with Gasteiger partial charge in [0.15, 0.2) is 5.58 Å². The second-order valence-corrected chi connectivity index (χ2v) is 5.25. The smallest absolute Gasteiger partial charge is 0.299 e. The molecular formula is C13H14N4O3. The summed E-state index contributed by atoms with van der Waals surface area (Å²) in [6.07, 6.45) is 0. The second-order valence-electron chi connectivity index (χ2n) is 5.25. The van der Waals surface area contributed by atoms with Crippen LogP contribution < -0.4 is 16.0 Å². The lowest BCUT2D eigenvalue weighted by Crippen LogP contribution is -2.64. The zero-order chi connectivity index (χ0) is 14.5. The summed E-state index contributed by atoms with van der Waals surface area (Å²) in [5.74, 6) is -0.758. The van der Waals surface area contributed by atoms with Gasteiger partial charge in [0.05, 0.1) is 0 Å². The van der Waals surface area contributed by atoms with Crippen molar-refractivity contribution in [2.24, 2.45) is 0 Å². The number of imide groups is 1. The van der Waals surface area contributed by atoms with Gasteiger partial charge in [0.2, 0.25) is 5.91 Å². The van der Waals surface area contributed by atoms with Crippen molar-refractivity contribution in [3.63, 3.8) is 0 Å². The molecule has 2 amide bonds. The molecule has 20 heavy (non-hydrogen) atoms. The quantitative estimate of drug-likeness (QED) is 0.585. The molecule has 0 atom stereocenters. The monoisotopic (exact) mass is 274 g/mol. The van der Waals surface area contributed by atoms with E-state index in [9.17, 15) is 9.59 Å². The van der Waals surface area contributed by atoms with Gasteiger partial charge in [-0.2, -0.15) is 4.98 Å². The Kier molecular flexibility index (Phi) is 2.47. The molecule has 3 N–H and O–H groups in total. The van der Waals surface area contributed by atoms with Crippen LogP contribution in [0.15, 0.2) is 22.6 Å². The number of nitrogens with zero attached hydrogens (tertiary/aromatic N) is 2. The number of hydrogen-bond acceptors (Lipinski definition) is 6. The lowest BCUT2D eigenvalue weighted by Gasteiger charge is -2.38. The topological polar surface area (TPSA) is 101 Å². The van der Waals surface area contributed by atoms with Gasteiger partial charge in [0, 0.05) is 5.69 Å². The molecule has 0 unspecified atom stereocenters. The number of amides is 2. The fourth-order valence-electron chi connectivity index (χ4n) is 2.14. The van der Waals surface area contributed by atoms with Gasteiger partial charge in [-0.05, 0) is 32.0 Å². The van der Waals surface area contributed by atoms with Gasteiger partial charge in [0.1, 0.15) is 17.6 Å². The number of hydrogen-bond donors (Lipinski definition) is 2. The van der Waals surface area contributed by atoms with E-state index in [0.29, 0.717) is 16.8 Å². The third-order valence-corrected chi connectivity index (χ3v) is 3.42. The highest BCUT2D eigenvalue weighted by Crippen LogP contribution is 2.29. The minimum absolute atomic E-state index is 0.0149. The molecule has 0 radical (unpaired) electrons. The SMILES string of the molecule is CC1(C)C(=O)NC(=O)CN1c1nc2cc(N)ccc2o1. The third-order valence-electron chi connectivity index (χ3n) is 3.42.